The van der Waals surface area contributed by atoms with Gasteiger partial charge in [0.2, 0.25) is 11.6 Å². The number of fused-ring (bicyclic) bond motifs is 2. The van der Waals surface area contributed by atoms with Crippen molar-refractivity contribution in [2.24, 2.45) is 21.7 Å². The monoisotopic (exact) mass is 553 g/mol. The molecule has 3 atom stereocenters. The molecule has 1 aromatic heterocycles. The Balaban J connectivity index is 1.24. The molecule has 2 aromatic rings. The van der Waals surface area contributed by atoms with Crippen LogP contribution in [0.3, 0.4) is 0 Å². The van der Waals surface area contributed by atoms with Gasteiger partial charge in [-0.15, -0.1) is 4.59 Å². The van der Waals surface area contributed by atoms with Crippen LogP contribution in [0.5, 0.6) is 0 Å². The zero-order valence-corrected chi connectivity index (χ0v) is 21.7. The maximum atomic E-state index is 13.2. The van der Waals surface area contributed by atoms with Gasteiger partial charge in [0.25, 0.3) is 11.7 Å². The third kappa shape index (κ3) is 4.34. The first kappa shape index (κ1) is 26.1. The third-order valence-corrected chi connectivity index (χ3v) is 7.94. The Labute approximate surface area is 227 Å². The molecule has 3 N–H and O–H groups in total. The van der Waals surface area contributed by atoms with Crippen LogP contribution in [0.4, 0.5) is 19.0 Å². The summed E-state index contributed by atoms with van der Waals surface area (Å²) in [6.07, 6.45) is 3.76. The highest BCUT2D eigenvalue weighted by Gasteiger charge is 2.48. The smallest absolute Gasteiger partial charge is 0.339 e. The van der Waals surface area contributed by atoms with Crippen molar-refractivity contribution in [1.29, 1.82) is 0 Å². The molecule has 2 saturated heterocycles. The predicted octanol–water partition coefficient (Wildman–Crippen LogP) is 3.79. The van der Waals surface area contributed by atoms with Gasteiger partial charge in [0.1, 0.15) is 17.6 Å². The van der Waals surface area contributed by atoms with Gasteiger partial charge in [-0.25, -0.2) is 0 Å². The Bertz CT molecular complexity index is 1500. The number of aromatic nitrogens is 2. The number of anilines is 1. The molecular formula is C27H28F3N8O2+. The molecule has 0 radical (unpaired) electrons. The minimum Gasteiger partial charge on any atom is -0.339 e. The topological polar surface area (TPSA) is 118 Å². The summed E-state index contributed by atoms with van der Waals surface area (Å²) in [6, 6.07) is 7.64. The number of piperidine rings is 1. The standard InChI is InChI=1S/C27H27F3N8O2/c1-2-37-21(27(28,29)30)13-22(35-37)33-26(40)17-5-3-16(4-6-17)25-34-24(20-14-32-11-12-38(20,25)31)18-7-8-19-9-10-23(39)36(19)15-18/h3-6,11-14,18-19H,2,7-10,15,31H2,1H3/p+1/t18-,19+,38?/m1/s1. The van der Waals surface area contributed by atoms with Crippen molar-refractivity contribution in [2.75, 3.05) is 11.9 Å². The van der Waals surface area contributed by atoms with Crippen LogP contribution < -0.4 is 11.2 Å². The van der Waals surface area contributed by atoms with Gasteiger partial charge < -0.3 is 10.2 Å². The van der Waals surface area contributed by atoms with Gasteiger partial charge in [-0.3, -0.25) is 19.3 Å². The number of aliphatic imine (C=N–C) groups is 2. The van der Waals surface area contributed by atoms with Gasteiger partial charge in [-0.2, -0.15) is 29.1 Å². The molecule has 208 valence electrons. The van der Waals surface area contributed by atoms with Crippen molar-refractivity contribution in [1.82, 2.24) is 14.7 Å². The van der Waals surface area contributed by atoms with Gasteiger partial charge in [0.15, 0.2) is 5.82 Å². The highest BCUT2D eigenvalue weighted by molar-refractivity contribution is 6.05. The van der Waals surface area contributed by atoms with E-state index in [-0.39, 0.29) is 34.3 Å². The van der Waals surface area contributed by atoms with Crippen LogP contribution in [-0.2, 0) is 17.5 Å². The van der Waals surface area contributed by atoms with E-state index in [1.807, 2.05) is 4.90 Å². The number of amides is 2. The second-order valence-corrected chi connectivity index (χ2v) is 10.3. The molecule has 6 rings (SSSR count). The molecule has 4 aliphatic heterocycles. The lowest BCUT2D eigenvalue weighted by atomic mass is 9.90. The number of hydrogen-bond donors (Lipinski definition) is 2. The second kappa shape index (κ2) is 9.52. The molecule has 13 heteroatoms. The number of halogens is 3. The van der Waals surface area contributed by atoms with Crippen LogP contribution >= 0.6 is 0 Å². The number of benzene rings is 1. The maximum absolute atomic E-state index is 13.2. The SMILES string of the molecule is CCn1nc(NC(=O)c2ccc(C3=NC([C@@H]4CC[C@H]5CCC(=O)N5C4)=C4C=NC=C[N+]34N)cc2)cc1C(F)(F)F. The molecule has 4 aliphatic rings. The number of allylic oxidation sites excluding steroid dienone is 1. The summed E-state index contributed by atoms with van der Waals surface area (Å²) in [4.78, 5) is 36.4. The van der Waals surface area contributed by atoms with E-state index in [2.05, 4.69) is 15.4 Å². The van der Waals surface area contributed by atoms with E-state index in [9.17, 15) is 22.8 Å². The van der Waals surface area contributed by atoms with E-state index < -0.39 is 17.8 Å². The number of hydrogen-bond acceptors (Lipinski definition) is 6. The summed E-state index contributed by atoms with van der Waals surface area (Å²) in [5, 5.41) is 6.29. The summed E-state index contributed by atoms with van der Waals surface area (Å²) in [6.45, 7) is 2.14. The maximum Gasteiger partial charge on any atom is 0.433 e. The molecule has 1 aromatic carbocycles. The van der Waals surface area contributed by atoms with Gasteiger partial charge in [0.05, 0.1) is 18.0 Å². The highest BCUT2D eigenvalue weighted by atomic mass is 19.4. The first-order valence-electron chi connectivity index (χ1n) is 13.2. The Kier molecular flexibility index (Phi) is 6.22. The minimum atomic E-state index is -4.58. The number of rotatable bonds is 5. The molecule has 0 spiro atoms. The summed E-state index contributed by atoms with van der Waals surface area (Å²) in [5.41, 5.74) is 1.52. The van der Waals surface area contributed by atoms with E-state index >= 15 is 0 Å². The largest absolute Gasteiger partial charge is 0.433 e. The number of nitrogens with two attached hydrogens (primary N) is 1. The van der Waals surface area contributed by atoms with Crippen molar-refractivity contribution in [3.05, 3.63) is 70.9 Å². The fraction of sp³-hybridized carbons (Fsp3) is 0.370. The van der Waals surface area contributed by atoms with Gasteiger partial charge in [0, 0.05) is 43.1 Å². The number of alkyl halides is 3. The lowest BCUT2D eigenvalue weighted by Crippen LogP contribution is -2.53. The average Bonchev–Trinajstić information content (AvgIpc) is 3.61. The molecule has 0 saturated carbocycles. The molecule has 2 amide bonds. The highest BCUT2D eigenvalue weighted by Crippen LogP contribution is 2.40. The van der Waals surface area contributed by atoms with Gasteiger partial charge in [-0.05, 0) is 50.5 Å². The number of aryl methyl sites for hydroxylation is 1. The minimum absolute atomic E-state index is 0.00750. The molecular weight excluding hydrogens is 525 g/mol. The van der Waals surface area contributed by atoms with E-state index in [0.29, 0.717) is 30.4 Å². The number of nitrogens with one attached hydrogen (secondary N) is 1. The average molecular weight is 554 g/mol. The van der Waals surface area contributed by atoms with E-state index in [0.717, 1.165) is 41.4 Å². The number of nitrogens with zero attached hydrogens (tertiary/aromatic N) is 6. The molecule has 10 nitrogen and oxygen atoms in total. The zero-order chi connectivity index (χ0) is 28.2. The Morgan fingerprint density at radius 2 is 1.98 bits per heavy atom. The lowest BCUT2D eigenvalue weighted by Gasteiger charge is -2.35. The van der Waals surface area contributed by atoms with Crippen LogP contribution in [0, 0.1) is 5.92 Å². The van der Waals surface area contributed by atoms with Crippen molar-refractivity contribution in [3.63, 3.8) is 0 Å². The van der Waals surface area contributed by atoms with Crippen LogP contribution in [0.15, 0.2) is 64.1 Å². The fourth-order valence-electron chi connectivity index (χ4n) is 5.90. The predicted molar refractivity (Wildman–Crippen MR) is 140 cm³/mol. The molecule has 40 heavy (non-hydrogen) atoms. The number of carbonyl (C=O) groups is 2. The first-order valence-corrected chi connectivity index (χ1v) is 13.2. The van der Waals surface area contributed by atoms with Crippen LogP contribution in [0.2, 0.25) is 0 Å². The van der Waals surface area contributed by atoms with Crippen LogP contribution in [0.1, 0.15) is 54.2 Å². The number of quaternary nitrogens is 1. The fourth-order valence-corrected chi connectivity index (χ4v) is 5.90. The van der Waals surface area contributed by atoms with Crippen molar-refractivity contribution in [3.8, 4) is 0 Å². The third-order valence-electron chi connectivity index (χ3n) is 7.94. The molecule has 2 fully saturated rings. The van der Waals surface area contributed by atoms with Gasteiger partial charge in [-0.1, -0.05) is 0 Å². The molecule has 5 heterocycles. The molecule has 0 aliphatic carbocycles. The van der Waals surface area contributed by atoms with Crippen LogP contribution in [0.25, 0.3) is 0 Å². The van der Waals surface area contributed by atoms with Crippen molar-refractivity contribution >= 4 is 29.7 Å². The summed E-state index contributed by atoms with van der Waals surface area (Å²) in [7, 11) is 0. The quantitative estimate of drug-likeness (QED) is 0.433. The number of carbonyl (C=O) groups excluding carboxylic acids is 2. The van der Waals surface area contributed by atoms with E-state index in [1.165, 1.54) is 6.92 Å². The Morgan fingerprint density at radius 3 is 2.67 bits per heavy atom. The van der Waals surface area contributed by atoms with E-state index in [1.54, 1.807) is 42.9 Å². The summed E-state index contributed by atoms with van der Waals surface area (Å²) >= 11 is 0. The van der Waals surface area contributed by atoms with E-state index in [4.69, 9.17) is 10.8 Å². The lowest BCUT2D eigenvalue weighted by molar-refractivity contribution is -0.750. The van der Waals surface area contributed by atoms with Crippen molar-refractivity contribution in [2.45, 2.75) is 51.4 Å². The Hall–Kier alpha value is -4.10. The Morgan fingerprint density at radius 1 is 1.20 bits per heavy atom. The summed E-state index contributed by atoms with van der Waals surface area (Å²) in [5.74, 6) is 6.82. The van der Waals surface area contributed by atoms with Crippen molar-refractivity contribution < 1.29 is 27.4 Å². The second-order valence-electron chi connectivity index (χ2n) is 10.3. The molecule has 1 unspecified atom stereocenters. The zero-order valence-electron chi connectivity index (χ0n) is 21.7. The van der Waals surface area contributed by atoms with Crippen LogP contribution in [-0.4, -0.2) is 55.7 Å². The first-order chi connectivity index (χ1) is 19.1. The van der Waals surface area contributed by atoms with Gasteiger partial charge >= 0.3 is 6.18 Å². The summed E-state index contributed by atoms with van der Waals surface area (Å²) < 4.78 is 40.3. The number of amidine groups is 1. The normalized spacial score (nSPS) is 25.8. The molecule has 0 bridgehead atoms.